The first-order valence-corrected chi connectivity index (χ1v) is 7.09. The van der Waals surface area contributed by atoms with Gasteiger partial charge in [-0.05, 0) is 44.0 Å². The molecule has 22 heavy (non-hydrogen) atoms. The highest BCUT2D eigenvalue weighted by Gasteiger charge is 2.23. The zero-order chi connectivity index (χ0) is 16.1. The summed E-state index contributed by atoms with van der Waals surface area (Å²) in [5.41, 5.74) is 1.49. The Labute approximate surface area is 129 Å². The number of hydrogen-bond donors (Lipinski definition) is 2. The minimum absolute atomic E-state index is 0.0755. The molecule has 116 valence electrons. The number of carbonyl (C=O) groups excluding carboxylic acids is 1. The molecule has 0 fully saturated rings. The van der Waals surface area contributed by atoms with Gasteiger partial charge in [0.05, 0.1) is 5.92 Å². The molecule has 1 heterocycles. The third-order valence-electron chi connectivity index (χ3n) is 3.45. The Morgan fingerprint density at radius 2 is 1.91 bits per heavy atom. The molecule has 5 heteroatoms. The summed E-state index contributed by atoms with van der Waals surface area (Å²) in [6.07, 6.45) is 0.203. The number of aliphatic carboxylic acids is 1. The summed E-state index contributed by atoms with van der Waals surface area (Å²) in [6, 6.07) is 10.8. The molecule has 0 aliphatic heterocycles. The van der Waals surface area contributed by atoms with Crippen molar-refractivity contribution in [1.82, 2.24) is 0 Å². The van der Waals surface area contributed by atoms with E-state index in [-0.39, 0.29) is 18.7 Å². The summed E-state index contributed by atoms with van der Waals surface area (Å²) < 4.78 is 5.40. The molecule has 0 saturated carbocycles. The molecule has 0 bridgehead atoms. The van der Waals surface area contributed by atoms with Gasteiger partial charge >= 0.3 is 5.97 Å². The van der Waals surface area contributed by atoms with Crippen molar-refractivity contribution in [2.75, 3.05) is 5.32 Å². The summed E-state index contributed by atoms with van der Waals surface area (Å²) in [5.74, 6) is -0.630. The maximum absolute atomic E-state index is 12.0. The Bertz CT molecular complexity index is 661. The summed E-state index contributed by atoms with van der Waals surface area (Å²) in [7, 11) is 0. The van der Waals surface area contributed by atoms with Crippen molar-refractivity contribution in [2.45, 2.75) is 26.7 Å². The third kappa shape index (κ3) is 4.22. The van der Waals surface area contributed by atoms with Crippen LogP contribution in [0.4, 0.5) is 5.69 Å². The molecular weight excluding hydrogens is 282 g/mol. The van der Waals surface area contributed by atoms with Gasteiger partial charge in [0.15, 0.2) is 0 Å². The molecule has 0 spiro atoms. The molecule has 2 rings (SSSR count). The number of nitrogens with one attached hydrogen (secondary N) is 1. The second kappa shape index (κ2) is 6.93. The van der Waals surface area contributed by atoms with Gasteiger partial charge in [0, 0.05) is 12.1 Å². The van der Waals surface area contributed by atoms with Gasteiger partial charge in [-0.15, -0.1) is 0 Å². The molecule has 1 unspecified atom stereocenters. The van der Waals surface area contributed by atoms with Gasteiger partial charge < -0.3 is 14.8 Å². The molecule has 0 saturated heterocycles. The highest BCUT2D eigenvalue weighted by Crippen LogP contribution is 2.20. The lowest BCUT2D eigenvalue weighted by Crippen LogP contribution is -2.24. The zero-order valence-corrected chi connectivity index (χ0v) is 12.6. The average molecular weight is 301 g/mol. The Morgan fingerprint density at radius 3 is 2.45 bits per heavy atom. The van der Waals surface area contributed by atoms with Crippen molar-refractivity contribution in [3.63, 3.8) is 0 Å². The van der Waals surface area contributed by atoms with Crippen molar-refractivity contribution in [3.05, 3.63) is 53.5 Å². The molecule has 1 atom stereocenters. The summed E-state index contributed by atoms with van der Waals surface area (Å²) in [4.78, 5) is 23.4. The van der Waals surface area contributed by atoms with Crippen LogP contribution in [0.2, 0.25) is 0 Å². The Balaban J connectivity index is 2.01. The van der Waals surface area contributed by atoms with Gasteiger partial charge in [0.25, 0.3) is 0 Å². The van der Waals surface area contributed by atoms with Crippen LogP contribution in [-0.2, 0) is 16.0 Å². The van der Waals surface area contributed by atoms with E-state index >= 15 is 0 Å². The number of benzene rings is 1. The van der Waals surface area contributed by atoms with Gasteiger partial charge in [-0.25, -0.2) is 0 Å². The molecule has 0 aliphatic carbocycles. The highest BCUT2D eigenvalue weighted by molar-refractivity contribution is 5.93. The molecular formula is C17H19NO4. The van der Waals surface area contributed by atoms with Gasteiger partial charge in [-0.3, -0.25) is 9.59 Å². The SMILES string of the molecule is Cc1cc(CC(CC(=O)Nc2ccccc2)C(=O)O)c(C)o1. The van der Waals surface area contributed by atoms with Crippen LogP contribution in [0.1, 0.15) is 23.5 Å². The standard InChI is InChI=1S/C17H19NO4/c1-11-8-13(12(2)22-11)9-14(17(20)21)10-16(19)18-15-6-4-3-5-7-15/h3-8,14H,9-10H2,1-2H3,(H,18,19)(H,20,21). The minimum Gasteiger partial charge on any atom is -0.481 e. The van der Waals surface area contributed by atoms with Crippen molar-refractivity contribution >= 4 is 17.6 Å². The van der Waals surface area contributed by atoms with Crippen molar-refractivity contribution < 1.29 is 19.1 Å². The van der Waals surface area contributed by atoms with E-state index in [4.69, 9.17) is 4.42 Å². The Morgan fingerprint density at radius 1 is 1.23 bits per heavy atom. The van der Waals surface area contributed by atoms with Crippen LogP contribution < -0.4 is 5.32 Å². The number of hydrogen-bond acceptors (Lipinski definition) is 3. The first kappa shape index (κ1) is 15.8. The number of carbonyl (C=O) groups is 2. The van der Waals surface area contributed by atoms with Crippen molar-refractivity contribution in [2.24, 2.45) is 5.92 Å². The lowest BCUT2D eigenvalue weighted by Gasteiger charge is -2.12. The molecule has 1 aromatic carbocycles. The number of carboxylic acid groups (broad SMARTS) is 1. The molecule has 1 amide bonds. The first-order chi connectivity index (χ1) is 10.5. The van der Waals surface area contributed by atoms with Crippen LogP contribution in [0.25, 0.3) is 0 Å². The second-order valence-electron chi connectivity index (χ2n) is 5.30. The van der Waals surface area contributed by atoms with Crippen LogP contribution in [0.5, 0.6) is 0 Å². The number of para-hydroxylation sites is 1. The normalized spacial score (nSPS) is 11.9. The number of carboxylic acids is 1. The van der Waals surface area contributed by atoms with E-state index in [2.05, 4.69) is 5.32 Å². The van der Waals surface area contributed by atoms with E-state index < -0.39 is 11.9 Å². The Hall–Kier alpha value is -2.56. The molecule has 5 nitrogen and oxygen atoms in total. The fraction of sp³-hybridized carbons (Fsp3) is 0.294. The van der Waals surface area contributed by atoms with Crippen LogP contribution in [-0.4, -0.2) is 17.0 Å². The van der Waals surface area contributed by atoms with Gasteiger partial charge in [-0.1, -0.05) is 18.2 Å². The third-order valence-corrected chi connectivity index (χ3v) is 3.45. The molecule has 2 aromatic rings. The quantitative estimate of drug-likeness (QED) is 0.859. The summed E-state index contributed by atoms with van der Waals surface area (Å²) in [6.45, 7) is 3.61. The minimum atomic E-state index is -0.985. The number of rotatable bonds is 6. The lowest BCUT2D eigenvalue weighted by molar-refractivity contribution is -0.143. The predicted molar refractivity (Wildman–Crippen MR) is 82.7 cm³/mol. The highest BCUT2D eigenvalue weighted by atomic mass is 16.4. The predicted octanol–water partition coefficient (Wildman–Crippen LogP) is 3.17. The van der Waals surface area contributed by atoms with Crippen LogP contribution in [0, 0.1) is 19.8 Å². The monoisotopic (exact) mass is 301 g/mol. The van der Waals surface area contributed by atoms with Crippen LogP contribution >= 0.6 is 0 Å². The zero-order valence-electron chi connectivity index (χ0n) is 12.6. The Kier molecular flexibility index (Phi) is 4.99. The topological polar surface area (TPSA) is 79.5 Å². The van der Waals surface area contributed by atoms with Gasteiger partial charge in [0.1, 0.15) is 11.5 Å². The molecule has 0 aliphatic rings. The van der Waals surface area contributed by atoms with E-state index in [0.717, 1.165) is 11.3 Å². The van der Waals surface area contributed by atoms with Crippen molar-refractivity contribution in [3.8, 4) is 0 Å². The lowest BCUT2D eigenvalue weighted by atomic mass is 9.96. The van der Waals surface area contributed by atoms with Gasteiger partial charge in [0.2, 0.25) is 5.91 Å². The van der Waals surface area contributed by atoms with Crippen molar-refractivity contribution in [1.29, 1.82) is 0 Å². The number of furan rings is 1. The van der Waals surface area contributed by atoms with Gasteiger partial charge in [-0.2, -0.15) is 0 Å². The van der Waals surface area contributed by atoms with E-state index in [9.17, 15) is 14.7 Å². The van der Waals surface area contributed by atoms with Crippen LogP contribution in [0.3, 0.4) is 0 Å². The van der Waals surface area contributed by atoms with E-state index in [1.165, 1.54) is 0 Å². The van der Waals surface area contributed by atoms with E-state index in [1.807, 2.05) is 31.2 Å². The smallest absolute Gasteiger partial charge is 0.307 e. The number of aryl methyl sites for hydroxylation is 2. The largest absolute Gasteiger partial charge is 0.481 e. The van der Waals surface area contributed by atoms with E-state index in [1.54, 1.807) is 19.1 Å². The average Bonchev–Trinajstić information content (AvgIpc) is 2.77. The summed E-state index contributed by atoms with van der Waals surface area (Å²) in [5, 5.41) is 12.0. The maximum Gasteiger partial charge on any atom is 0.307 e. The molecule has 2 N–H and O–H groups in total. The molecule has 0 radical (unpaired) electrons. The second-order valence-corrected chi connectivity index (χ2v) is 5.30. The maximum atomic E-state index is 12.0. The molecule has 1 aromatic heterocycles. The number of anilines is 1. The summed E-state index contributed by atoms with van der Waals surface area (Å²) >= 11 is 0. The fourth-order valence-electron chi connectivity index (χ4n) is 2.36. The fourth-order valence-corrected chi connectivity index (χ4v) is 2.36. The number of amides is 1. The first-order valence-electron chi connectivity index (χ1n) is 7.09. The van der Waals surface area contributed by atoms with Crippen LogP contribution in [0.15, 0.2) is 40.8 Å². The van der Waals surface area contributed by atoms with E-state index in [0.29, 0.717) is 11.4 Å².